The molecule has 0 aromatic carbocycles. The molecule has 0 aliphatic carbocycles. The molecule has 1 aliphatic rings. The van der Waals surface area contributed by atoms with E-state index in [1.807, 2.05) is 0 Å². The van der Waals surface area contributed by atoms with Crippen LogP contribution in [-0.4, -0.2) is 53.9 Å². The molecule has 1 saturated heterocycles. The number of likely N-dealkylation sites (tertiary alicyclic amines) is 1. The van der Waals surface area contributed by atoms with E-state index in [0.29, 0.717) is 6.32 Å². The van der Waals surface area contributed by atoms with Crippen molar-refractivity contribution >= 4 is 13.3 Å². The summed E-state index contributed by atoms with van der Waals surface area (Å²) in [5.74, 6) is 0. The summed E-state index contributed by atoms with van der Waals surface area (Å²) >= 11 is 0. The molecule has 6 nitrogen and oxygen atoms in total. The number of hydrogen-bond donors (Lipinski definition) is 3. The van der Waals surface area contributed by atoms with Crippen LogP contribution in [-0.2, 0) is 9.59 Å². The van der Waals surface area contributed by atoms with Crippen molar-refractivity contribution in [1.82, 2.24) is 4.90 Å². The quantitative estimate of drug-likeness (QED) is 0.419. The third-order valence-electron chi connectivity index (χ3n) is 3.30. The normalized spacial score (nSPS) is 16.4. The lowest BCUT2D eigenvalue weighted by atomic mass is 9.83. The van der Waals surface area contributed by atoms with Crippen molar-refractivity contribution in [3.05, 3.63) is 0 Å². The molecule has 1 unspecified atom stereocenters. The van der Waals surface area contributed by atoms with Crippen LogP contribution < -0.4 is 5.73 Å². The molecule has 4 N–H and O–H groups in total. The first-order valence-corrected chi connectivity index (χ1v) is 6.93. The van der Waals surface area contributed by atoms with Gasteiger partial charge in [0.25, 0.3) is 0 Å². The lowest BCUT2D eigenvalue weighted by molar-refractivity contribution is -0.191. The van der Waals surface area contributed by atoms with E-state index in [-0.39, 0.29) is 12.2 Å². The van der Waals surface area contributed by atoms with E-state index in [1.54, 1.807) is 0 Å². The van der Waals surface area contributed by atoms with Crippen LogP contribution in [0.5, 0.6) is 0 Å². The van der Waals surface area contributed by atoms with E-state index in [4.69, 9.17) is 25.4 Å². The largest absolute Gasteiger partial charge is 0.451 e. The summed E-state index contributed by atoms with van der Waals surface area (Å²) in [6.07, 6.45) is 7.32. The van der Waals surface area contributed by atoms with Crippen LogP contribution in [0.15, 0.2) is 0 Å². The van der Waals surface area contributed by atoms with Crippen LogP contribution in [0.25, 0.3) is 0 Å². The molecular weight excluding hydrogens is 247 g/mol. The number of nitrogens with zero attached hydrogens (tertiary/aromatic N) is 1. The van der Waals surface area contributed by atoms with Gasteiger partial charge < -0.3 is 20.7 Å². The van der Waals surface area contributed by atoms with Crippen LogP contribution >= 0.6 is 0 Å². The van der Waals surface area contributed by atoms with Crippen LogP contribution in [0, 0.1) is 0 Å². The molecule has 1 atom stereocenters. The minimum atomic E-state index is -1.15. The van der Waals surface area contributed by atoms with Gasteiger partial charge in [-0.05, 0) is 51.6 Å². The summed E-state index contributed by atoms with van der Waals surface area (Å²) in [5, 5.41) is 17.4. The van der Waals surface area contributed by atoms with Crippen molar-refractivity contribution < 1.29 is 19.6 Å². The lowest BCUT2D eigenvalue weighted by Crippen LogP contribution is -2.28. The lowest BCUT2D eigenvalue weighted by Gasteiger charge is -2.17. The van der Waals surface area contributed by atoms with Gasteiger partial charge >= 0.3 is 13.3 Å². The first-order chi connectivity index (χ1) is 9.10. The predicted octanol–water partition coefficient (Wildman–Crippen LogP) is -0.141. The van der Waals surface area contributed by atoms with Gasteiger partial charge in [-0.1, -0.05) is 12.8 Å². The first-order valence-electron chi connectivity index (χ1n) is 6.93. The summed E-state index contributed by atoms with van der Waals surface area (Å²) < 4.78 is 0. The monoisotopic (exact) mass is 272 g/mol. The Morgan fingerprint density at radius 1 is 1.16 bits per heavy atom. The smallest absolute Gasteiger partial charge is 0.427 e. The Labute approximate surface area is 115 Å². The molecule has 0 amide bonds. The minimum absolute atomic E-state index is 0.250. The fourth-order valence-corrected chi connectivity index (χ4v) is 2.23. The van der Waals surface area contributed by atoms with E-state index in [9.17, 15) is 0 Å². The Morgan fingerprint density at radius 2 is 1.74 bits per heavy atom. The third kappa shape index (κ3) is 12.1. The number of unbranched alkanes of at least 4 members (excludes halogenated alkanes) is 1. The molecule has 1 rings (SSSR count). The third-order valence-corrected chi connectivity index (χ3v) is 3.30. The molecule has 1 aliphatic heterocycles. The maximum absolute atomic E-state index is 8.68. The summed E-state index contributed by atoms with van der Waals surface area (Å²) in [4.78, 5) is 18.7. The fourth-order valence-electron chi connectivity index (χ4n) is 2.23. The molecule has 0 aromatic rings. The van der Waals surface area contributed by atoms with Gasteiger partial charge in [0.15, 0.2) is 0 Å². The molecule has 19 heavy (non-hydrogen) atoms. The van der Waals surface area contributed by atoms with Crippen LogP contribution in [0.4, 0.5) is 0 Å². The van der Waals surface area contributed by atoms with Gasteiger partial charge in [0.1, 0.15) is 0 Å². The number of nitrogens with two attached hydrogens (primary N) is 1. The van der Waals surface area contributed by atoms with E-state index in [0.717, 1.165) is 32.2 Å². The summed E-state index contributed by atoms with van der Waals surface area (Å²) in [6.45, 7) is 3.61. The molecule has 7 heteroatoms. The molecule has 0 saturated carbocycles. The fraction of sp³-hybridized carbons (Fsp3) is 0.917. The summed E-state index contributed by atoms with van der Waals surface area (Å²) in [5.41, 5.74) is 6.02. The highest BCUT2D eigenvalue weighted by Crippen LogP contribution is 2.10. The first kappa shape index (κ1) is 18.3. The van der Waals surface area contributed by atoms with Crippen molar-refractivity contribution in [2.45, 2.75) is 50.9 Å². The highest BCUT2D eigenvalue weighted by molar-refractivity contribution is 6.40. The van der Waals surface area contributed by atoms with Gasteiger partial charge in [-0.15, -0.1) is 0 Å². The second kappa shape index (κ2) is 12.3. The van der Waals surface area contributed by atoms with Crippen LogP contribution in [0.3, 0.4) is 0 Å². The molecule has 0 bridgehead atoms. The zero-order valence-corrected chi connectivity index (χ0v) is 11.5. The molecule has 0 aromatic heterocycles. The number of hydrogen-bond acceptors (Lipinski definition) is 6. The van der Waals surface area contributed by atoms with E-state index < -0.39 is 7.12 Å². The Balaban J connectivity index is 0.000000982. The van der Waals surface area contributed by atoms with Crippen molar-refractivity contribution in [3.63, 3.8) is 0 Å². The van der Waals surface area contributed by atoms with Crippen molar-refractivity contribution in [2.75, 3.05) is 19.6 Å². The topological polar surface area (TPSA) is 104 Å². The second-order valence-corrected chi connectivity index (χ2v) is 4.95. The maximum Gasteiger partial charge on any atom is 0.451 e. The van der Waals surface area contributed by atoms with Crippen molar-refractivity contribution in [1.29, 1.82) is 0 Å². The van der Waals surface area contributed by atoms with Crippen LogP contribution in [0.1, 0.15) is 38.5 Å². The second-order valence-electron chi connectivity index (χ2n) is 4.95. The van der Waals surface area contributed by atoms with Gasteiger partial charge in [-0.2, -0.15) is 9.59 Å². The zero-order chi connectivity index (χ0) is 14.5. The number of carbonyl (C=O) groups excluding carboxylic acids is 2. The highest BCUT2D eigenvalue weighted by Gasteiger charge is 2.13. The SMILES string of the molecule is NC(CCCCB(O)O)CCN1CCCC1.O=C=O. The minimum Gasteiger partial charge on any atom is -0.427 e. The molecular formula is C12H25BN2O4. The molecule has 0 spiro atoms. The van der Waals surface area contributed by atoms with E-state index >= 15 is 0 Å². The summed E-state index contributed by atoms with van der Waals surface area (Å²) in [7, 11) is -1.15. The molecule has 1 heterocycles. The van der Waals surface area contributed by atoms with Gasteiger partial charge in [-0.25, -0.2) is 0 Å². The molecule has 0 radical (unpaired) electrons. The van der Waals surface area contributed by atoms with Crippen molar-refractivity contribution in [2.24, 2.45) is 5.73 Å². The summed E-state index contributed by atoms with van der Waals surface area (Å²) in [6, 6.07) is 0.274. The Kier molecular flexibility index (Phi) is 11.9. The highest BCUT2D eigenvalue weighted by atomic mass is 16.4. The predicted molar refractivity (Wildman–Crippen MR) is 72.1 cm³/mol. The van der Waals surface area contributed by atoms with Crippen LogP contribution in [0.2, 0.25) is 6.32 Å². The average Bonchev–Trinajstić information content (AvgIpc) is 2.86. The average molecular weight is 272 g/mol. The standard InChI is InChI=1S/C11H25BN2O2.CO2/c13-11(5-1-2-7-12(15)16)6-10-14-8-3-4-9-14;2-1-3/h11,15-16H,1-10,13H2;. The Hall–Kier alpha value is -0.715. The Bertz CT molecular complexity index is 242. The van der Waals surface area contributed by atoms with Gasteiger partial charge in [0, 0.05) is 6.04 Å². The molecule has 1 fully saturated rings. The maximum atomic E-state index is 8.68. The van der Waals surface area contributed by atoms with Crippen molar-refractivity contribution in [3.8, 4) is 0 Å². The molecule has 110 valence electrons. The number of rotatable bonds is 8. The Morgan fingerprint density at radius 3 is 2.26 bits per heavy atom. The van der Waals surface area contributed by atoms with Gasteiger partial charge in [-0.3, -0.25) is 0 Å². The van der Waals surface area contributed by atoms with Gasteiger partial charge in [0.05, 0.1) is 0 Å². The van der Waals surface area contributed by atoms with E-state index in [1.165, 1.54) is 25.9 Å². The van der Waals surface area contributed by atoms with E-state index in [2.05, 4.69) is 4.90 Å². The van der Waals surface area contributed by atoms with Gasteiger partial charge in [0.2, 0.25) is 0 Å². The zero-order valence-electron chi connectivity index (χ0n) is 11.5.